The van der Waals surface area contributed by atoms with Crippen LogP contribution in [-0.4, -0.2) is 29.8 Å². The number of fused-ring (bicyclic) bond motifs is 1. The molecule has 0 saturated heterocycles. The van der Waals surface area contributed by atoms with Gasteiger partial charge in [-0.25, -0.2) is 0 Å². The van der Waals surface area contributed by atoms with Crippen molar-refractivity contribution in [2.45, 2.75) is 19.3 Å². The van der Waals surface area contributed by atoms with Gasteiger partial charge in [-0.15, -0.1) is 0 Å². The Labute approximate surface area is 156 Å². The predicted molar refractivity (Wildman–Crippen MR) is 100 cm³/mol. The van der Waals surface area contributed by atoms with Gasteiger partial charge in [0, 0.05) is 24.4 Å². The van der Waals surface area contributed by atoms with Gasteiger partial charge in [0.1, 0.15) is 0 Å². The molecule has 0 fully saturated rings. The van der Waals surface area contributed by atoms with Gasteiger partial charge in [0.25, 0.3) is 11.6 Å². The second-order valence-corrected chi connectivity index (χ2v) is 6.35. The molecule has 1 aliphatic heterocycles. The Kier molecular flexibility index (Phi) is 5.65. The van der Waals surface area contributed by atoms with E-state index >= 15 is 0 Å². The van der Waals surface area contributed by atoms with Gasteiger partial charge in [-0.1, -0.05) is 30.3 Å². The number of benzene rings is 2. The summed E-state index contributed by atoms with van der Waals surface area (Å²) in [6.45, 7) is 0.954. The summed E-state index contributed by atoms with van der Waals surface area (Å²) in [6.07, 6.45) is 2.00. The largest absolute Gasteiger partial charge is 0.362 e. The molecule has 8 heteroatoms. The smallest absolute Gasteiger partial charge is 0.269 e. The molecular weight excluding hydrogens is 348 g/mol. The highest BCUT2D eigenvalue weighted by molar-refractivity contribution is 5.86. The van der Waals surface area contributed by atoms with Crippen molar-refractivity contribution in [3.05, 3.63) is 69.8 Å². The minimum atomic E-state index is -0.497. The molecule has 1 aliphatic rings. The number of nitro groups is 1. The van der Waals surface area contributed by atoms with Gasteiger partial charge in [0.2, 0.25) is 5.91 Å². The van der Waals surface area contributed by atoms with Crippen LogP contribution in [0.25, 0.3) is 0 Å². The average molecular weight is 368 g/mol. The lowest BCUT2D eigenvalue weighted by molar-refractivity contribution is -0.384. The van der Waals surface area contributed by atoms with Crippen LogP contribution >= 0.6 is 0 Å². The molecule has 0 aliphatic carbocycles. The van der Waals surface area contributed by atoms with Gasteiger partial charge in [-0.05, 0) is 30.0 Å². The summed E-state index contributed by atoms with van der Waals surface area (Å²) in [7, 11) is 0. The summed E-state index contributed by atoms with van der Waals surface area (Å²) in [5.41, 5.74) is 7.67. The second-order valence-electron chi connectivity index (χ2n) is 6.35. The molecule has 8 nitrogen and oxygen atoms in total. The SMILES string of the molecule is O=C(Cc1ccc([N+](=O)[O-])cc1)NNC(=O)CN1CCCc2ccccc21. The molecule has 2 amide bonds. The first-order chi connectivity index (χ1) is 13.0. The average Bonchev–Trinajstić information content (AvgIpc) is 2.67. The maximum absolute atomic E-state index is 12.2. The van der Waals surface area contributed by atoms with Crippen LogP contribution in [0.3, 0.4) is 0 Å². The minimum absolute atomic E-state index is 0.0187. The number of anilines is 1. The molecule has 140 valence electrons. The third-order valence-electron chi connectivity index (χ3n) is 4.39. The van der Waals surface area contributed by atoms with Crippen LogP contribution in [-0.2, 0) is 22.4 Å². The number of carbonyl (C=O) groups excluding carboxylic acids is 2. The first kappa shape index (κ1) is 18.4. The first-order valence-electron chi connectivity index (χ1n) is 8.67. The summed E-state index contributed by atoms with van der Waals surface area (Å²) in [5, 5.41) is 10.6. The van der Waals surface area contributed by atoms with E-state index in [1.54, 1.807) is 0 Å². The van der Waals surface area contributed by atoms with Crippen LogP contribution in [0, 0.1) is 10.1 Å². The summed E-state index contributed by atoms with van der Waals surface area (Å²) < 4.78 is 0. The number of nitrogens with zero attached hydrogens (tertiary/aromatic N) is 2. The number of hydrogen-bond acceptors (Lipinski definition) is 5. The zero-order valence-electron chi connectivity index (χ0n) is 14.7. The monoisotopic (exact) mass is 368 g/mol. The van der Waals surface area contributed by atoms with Gasteiger partial charge in [0.05, 0.1) is 17.9 Å². The Balaban J connectivity index is 1.48. The fourth-order valence-corrected chi connectivity index (χ4v) is 3.09. The van der Waals surface area contributed by atoms with Crippen molar-refractivity contribution in [1.29, 1.82) is 0 Å². The maximum Gasteiger partial charge on any atom is 0.269 e. The van der Waals surface area contributed by atoms with Crippen LogP contribution in [0.5, 0.6) is 0 Å². The van der Waals surface area contributed by atoms with Crippen molar-refractivity contribution in [2.75, 3.05) is 18.0 Å². The van der Waals surface area contributed by atoms with Crippen LogP contribution < -0.4 is 15.8 Å². The second kappa shape index (κ2) is 8.31. The Morgan fingerprint density at radius 2 is 1.74 bits per heavy atom. The van der Waals surface area contributed by atoms with E-state index in [0.717, 1.165) is 25.1 Å². The van der Waals surface area contributed by atoms with Crippen LogP contribution in [0.2, 0.25) is 0 Å². The Bertz CT molecular complexity index is 851. The molecule has 3 rings (SSSR count). The van der Waals surface area contributed by atoms with Crippen LogP contribution in [0.1, 0.15) is 17.5 Å². The molecule has 2 aromatic rings. The number of non-ortho nitro benzene ring substituents is 1. The van der Waals surface area contributed by atoms with E-state index in [1.807, 2.05) is 23.1 Å². The highest BCUT2D eigenvalue weighted by Crippen LogP contribution is 2.26. The number of amides is 2. The third-order valence-corrected chi connectivity index (χ3v) is 4.39. The summed E-state index contributed by atoms with van der Waals surface area (Å²) in [4.78, 5) is 36.2. The molecule has 0 aromatic heterocycles. The van der Waals surface area contributed by atoms with E-state index in [-0.39, 0.29) is 24.6 Å². The van der Waals surface area contributed by atoms with Crippen molar-refractivity contribution in [3.63, 3.8) is 0 Å². The molecule has 0 bridgehead atoms. The fraction of sp³-hybridized carbons (Fsp3) is 0.263. The molecule has 27 heavy (non-hydrogen) atoms. The molecule has 1 heterocycles. The van der Waals surface area contributed by atoms with Crippen LogP contribution in [0.15, 0.2) is 48.5 Å². The number of hydrazine groups is 1. The summed E-state index contributed by atoms with van der Waals surface area (Å²) in [6, 6.07) is 13.7. The van der Waals surface area contributed by atoms with Gasteiger partial charge in [0.15, 0.2) is 0 Å². The number of carbonyl (C=O) groups is 2. The van der Waals surface area contributed by atoms with E-state index in [9.17, 15) is 19.7 Å². The summed E-state index contributed by atoms with van der Waals surface area (Å²) in [5.74, 6) is -0.694. The van der Waals surface area contributed by atoms with E-state index < -0.39 is 10.8 Å². The molecule has 0 unspecified atom stereocenters. The zero-order chi connectivity index (χ0) is 19.2. The van der Waals surface area contributed by atoms with Gasteiger partial charge in [-0.2, -0.15) is 0 Å². The molecule has 2 aromatic carbocycles. The fourth-order valence-electron chi connectivity index (χ4n) is 3.09. The van der Waals surface area contributed by atoms with Crippen molar-refractivity contribution < 1.29 is 14.5 Å². The minimum Gasteiger partial charge on any atom is -0.362 e. The van der Waals surface area contributed by atoms with Gasteiger partial charge >= 0.3 is 0 Å². The van der Waals surface area contributed by atoms with Crippen molar-refractivity contribution in [2.24, 2.45) is 0 Å². The van der Waals surface area contributed by atoms with E-state index in [1.165, 1.54) is 29.8 Å². The number of hydrogen-bond donors (Lipinski definition) is 2. The standard InChI is InChI=1S/C19H20N4O4/c24-18(12-14-7-9-16(10-8-14)23(26)27)20-21-19(25)13-22-11-3-5-15-4-1-2-6-17(15)22/h1-2,4,6-10H,3,5,11-13H2,(H,20,24)(H,21,25). The molecule has 0 atom stereocenters. The number of para-hydroxylation sites is 1. The lowest BCUT2D eigenvalue weighted by atomic mass is 10.0. The number of nitrogens with one attached hydrogen (secondary N) is 2. The summed E-state index contributed by atoms with van der Waals surface area (Å²) >= 11 is 0. The third kappa shape index (κ3) is 4.81. The topological polar surface area (TPSA) is 105 Å². The number of aryl methyl sites for hydroxylation is 1. The zero-order valence-corrected chi connectivity index (χ0v) is 14.7. The number of rotatable bonds is 5. The molecule has 0 spiro atoms. The lowest BCUT2D eigenvalue weighted by Gasteiger charge is -2.30. The van der Waals surface area contributed by atoms with Crippen LogP contribution in [0.4, 0.5) is 11.4 Å². The highest BCUT2D eigenvalue weighted by atomic mass is 16.6. The lowest BCUT2D eigenvalue weighted by Crippen LogP contribution is -2.47. The Morgan fingerprint density at radius 1 is 1.04 bits per heavy atom. The number of nitro benzene ring substituents is 1. The Hall–Kier alpha value is -3.42. The van der Waals surface area contributed by atoms with Crippen molar-refractivity contribution in [1.82, 2.24) is 10.9 Å². The van der Waals surface area contributed by atoms with Gasteiger partial charge < -0.3 is 4.90 Å². The predicted octanol–water partition coefficient (Wildman–Crippen LogP) is 1.74. The van der Waals surface area contributed by atoms with Crippen molar-refractivity contribution >= 4 is 23.2 Å². The van der Waals surface area contributed by atoms with Gasteiger partial charge in [-0.3, -0.25) is 30.6 Å². The van der Waals surface area contributed by atoms with E-state index in [0.29, 0.717) is 5.56 Å². The molecular formula is C19H20N4O4. The normalized spacial score (nSPS) is 12.8. The molecule has 0 radical (unpaired) electrons. The van der Waals surface area contributed by atoms with E-state index in [2.05, 4.69) is 16.9 Å². The maximum atomic E-state index is 12.2. The quantitative estimate of drug-likeness (QED) is 0.618. The van der Waals surface area contributed by atoms with E-state index in [4.69, 9.17) is 0 Å². The molecule has 0 saturated carbocycles. The molecule has 2 N–H and O–H groups in total. The van der Waals surface area contributed by atoms with Crippen molar-refractivity contribution in [3.8, 4) is 0 Å². The first-order valence-corrected chi connectivity index (χ1v) is 8.67. The Morgan fingerprint density at radius 3 is 2.48 bits per heavy atom. The highest BCUT2D eigenvalue weighted by Gasteiger charge is 2.18.